The molecule has 5 heteroatoms. The van der Waals surface area contributed by atoms with Crippen molar-refractivity contribution in [2.75, 3.05) is 19.1 Å². The van der Waals surface area contributed by atoms with Crippen LogP contribution in [0.5, 0.6) is 5.75 Å². The van der Waals surface area contributed by atoms with E-state index in [-0.39, 0.29) is 18.1 Å². The molecule has 4 rings (SSSR count). The van der Waals surface area contributed by atoms with Crippen LogP contribution in [0.15, 0.2) is 42.5 Å². The molecule has 1 N–H and O–H groups in total. The average Bonchev–Trinajstić information content (AvgIpc) is 2.86. The molecule has 0 saturated carbocycles. The molecule has 2 atom stereocenters. The standard InChI is InChI=1S/C21H21NO4/c1-22-18-6-4-3-5-17(18)21(25,20(22)24)12-14-8-7-13-9-10-15(26-2)11-16(13)19(14)23/h3-6,9-11,14,25H,7-8,12H2,1-2H3/t14-,21+/m1/s1. The van der Waals surface area contributed by atoms with Crippen LogP contribution in [0.2, 0.25) is 0 Å². The van der Waals surface area contributed by atoms with Crippen LogP contribution in [-0.4, -0.2) is 31.0 Å². The van der Waals surface area contributed by atoms with Gasteiger partial charge in [-0.1, -0.05) is 24.3 Å². The Bertz CT molecular complexity index is 907. The van der Waals surface area contributed by atoms with Gasteiger partial charge in [-0.3, -0.25) is 9.59 Å². The van der Waals surface area contributed by atoms with E-state index in [1.165, 1.54) is 4.90 Å². The molecule has 0 saturated heterocycles. The summed E-state index contributed by atoms with van der Waals surface area (Å²) < 4.78 is 5.23. The first kappa shape index (κ1) is 16.8. The van der Waals surface area contributed by atoms with Crippen molar-refractivity contribution >= 4 is 17.4 Å². The summed E-state index contributed by atoms with van der Waals surface area (Å²) in [6.07, 6.45) is 1.47. The van der Waals surface area contributed by atoms with Gasteiger partial charge in [0, 0.05) is 24.1 Å². The van der Waals surface area contributed by atoms with E-state index in [9.17, 15) is 14.7 Å². The molecule has 0 aromatic heterocycles. The van der Waals surface area contributed by atoms with Crippen LogP contribution in [0.4, 0.5) is 5.69 Å². The van der Waals surface area contributed by atoms with Crippen LogP contribution in [0, 0.1) is 5.92 Å². The van der Waals surface area contributed by atoms with Gasteiger partial charge in [-0.2, -0.15) is 0 Å². The summed E-state index contributed by atoms with van der Waals surface area (Å²) in [7, 11) is 3.22. The third-order valence-corrected chi connectivity index (χ3v) is 5.63. The normalized spacial score (nSPS) is 24.4. The maximum absolute atomic E-state index is 13.0. The number of nitrogens with zero attached hydrogens (tertiary/aromatic N) is 1. The van der Waals surface area contributed by atoms with Crippen LogP contribution in [0.3, 0.4) is 0 Å². The van der Waals surface area contributed by atoms with Gasteiger partial charge in [0.15, 0.2) is 11.4 Å². The summed E-state index contributed by atoms with van der Waals surface area (Å²) in [6.45, 7) is 0. The lowest BCUT2D eigenvalue weighted by Crippen LogP contribution is -2.42. The summed E-state index contributed by atoms with van der Waals surface area (Å²) >= 11 is 0. The number of carbonyl (C=O) groups is 2. The first-order valence-corrected chi connectivity index (χ1v) is 8.77. The molecule has 0 unspecified atom stereocenters. The highest BCUT2D eigenvalue weighted by Crippen LogP contribution is 2.45. The number of ketones is 1. The van der Waals surface area contributed by atoms with Gasteiger partial charge in [-0.05, 0) is 43.0 Å². The monoisotopic (exact) mass is 351 g/mol. The van der Waals surface area contributed by atoms with Crippen molar-refractivity contribution in [2.45, 2.75) is 24.9 Å². The van der Waals surface area contributed by atoms with E-state index in [2.05, 4.69) is 0 Å². The molecule has 134 valence electrons. The number of carbonyl (C=O) groups excluding carboxylic acids is 2. The Hall–Kier alpha value is -2.66. The summed E-state index contributed by atoms with van der Waals surface area (Å²) in [5.74, 6) is -0.164. The summed E-state index contributed by atoms with van der Waals surface area (Å²) in [6, 6.07) is 12.7. The van der Waals surface area contributed by atoms with Gasteiger partial charge in [0.1, 0.15) is 5.75 Å². The SMILES string of the molecule is COc1ccc2c(c1)C(=O)[C@@H](C[C@@]1(O)C(=O)N(C)c3ccccc31)CC2. The molecule has 1 amide bonds. The highest BCUT2D eigenvalue weighted by molar-refractivity contribution is 6.07. The second-order valence-electron chi connectivity index (χ2n) is 7.07. The molecule has 1 heterocycles. The predicted octanol–water partition coefficient (Wildman–Crippen LogP) is 2.69. The Balaban J connectivity index is 1.68. The van der Waals surface area contributed by atoms with Crippen molar-refractivity contribution < 1.29 is 19.4 Å². The van der Waals surface area contributed by atoms with E-state index in [4.69, 9.17) is 4.74 Å². The van der Waals surface area contributed by atoms with Gasteiger partial charge in [0.2, 0.25) is 0 Å². The molecule has 2 aromatic rings. The van der Waals surface area contributed by atoms with Crippen molar-refractivity contribution in [3.05, 3.63) is 59.2 Å². The van der Waals surface area contributed by atoms with E-state index < -0.39 is 11.5 Å². The minimum Gasteiger partial charge on any atom is -0.497 e. The summed E-state index contributed by atoms with van der Waals surface area (Å²) in [5.41, 5.74) is 1.26. The number of fused-ring (bicyclic) bond motifs is 2. The molecule has 0 bridgehead atoms. The number of anilines is 1. The third kappa shape index (κ3) is 2.35. The zero-order valence-electron chi connectivity index (χ0n) is 14.9. The van der Waals surface area contributed by atoms with Crippen LogP contribution >= 0.6 is 0 Å². The lowest BCUT2D eigenvalue weighted by atomic mass is 9.75. The van der Waals surface area contributed by atoms with Gasteiger partial charge in [-0.25, -0.2) is 0 Å². The quantitative estimate of drug-likeness (QED) is 0.923. The number of methoxy groups -OCH3 is 1. The molecule has 2 aromatic carbocycles. The molecule has 0 spiro atoms. The van der Waals surface area contributed by atoms with Gasteiger partial charge in [-0.15, -0.1) is 0 Å². The highest BCUT2D eigenvalue weighted by Gasteiger charge is 2.50. The first-order chi connectivity index (χ1) is 12.5. The molecular formula is C21H21NO4. The van der Waals surface area contributed by atoms with E-state index in [1.54, 1.807) is 32.4 Å². The number of Topliss-reactive ketones (excluding diaryl/α,β-unsaturated/α-hetero) is 1. The Morgan fingerprint density at radius 1 is 1.23 bits per heavy atom. The number of aryl methyl sites for hydroxylation is 1. The van der Waals surface area contributed by atoms with Crippen molar-refractivity contribution in [1.82, 2.24) is 0 Å². The van der Waals surface area contributed by atoms with Crippen molar-refractivity contribution in [1.29, 1.82) is 0 Å². The number of likely N-dealkylation sites (N-methyl/N-ethyl adjacent to an activating group) is 1. The van der Waals surface area contributed by atoms with E-state index in [0.717, 1.165) is 12.0 Å². The minimum atomic E-state index is -1.65. The fourth-order valence-electron chi connectivity index (χ4n) is 4.18. The fraction of sp³-hybridized carbons (Fsp3) is 0.333. The fourth-order valence-corrected chi connectivity index (χ4v) is 4.18. The highest BCUT2D eigenvalue weighted by atomic mass is 16.5. The Kier molecular flexibility index (Phi) is 3.84. The molecule has 1 aliphatic carbocycles. The van der Waals surface area contributed by atoms with Gasteiger partial charge in [0.05, 0.1) is 12.8 Å². The lowest BCUT2D eigenvalue weighted by molar-refractivity contribution is -0.137. The maximum atomic E-state index is 13.0. The van der Waals surface area contributed by atoms with Crippen LogP contribution in [0.1, 0.15) is 34.3 Å². The molecule has 26 heavy (non-hydrogen) atoms. The number of hydrogen-bond donors (Lipinski definition) is 1. The topological polar surface area (TPSA) is 66.8 Å². The number of amides is 1. The lowest BCUT2D eigenvalue weighted by Gasteiger charge is -2.30. The Morgan fingerprint density at radius 2 is 2.00 bits per heavy atom. The van der Waals surface area contributed by atoms with Crippen molar-refractivity contribution in [2.24, 2.45) is 5.92 Å². The number of rotatable bonds is 3. The van der Waals surface area contributed by atoms with Gasteiger partial charge >= 0.3 is 0 Å². The predicted molar refractivity (Wildman–Crippen MR) is 97.5 cm³/mol. The summed E-state index contributed by atoms with van der Waals surface area (Å²) in [5, 5.41) is 11.2. The van der Waals surface area contributed by atoms with E-state index in [1.807, 2.05) is 24.3 Å². The smallest absolute Gasteiger partial charge is 0.263 e. The second-order valence-corrected chi connectivity index (χ2v) is 7.07. The number of para-hydroxylation sites is 1. The van der Waals surface area contributed by atoms with Crippen LogP contribution in [-0.2, 0) is 16.8 Å². The molecule has 0 radical (unpaired) electrons. The zero-order valence-corrected chi connectivity index (χ0v) is 14.9. The second kappa shape index (κ2) is 5.95. The molecule has 5 nitrogen and oxygen atoms in total. The molecule has 0 fully saturated rings. The third-order valence-electron chi connectivity index (χ3n) is 5.63. The Labute approximate surface area is 152 Å². The molecule has 1 aliphatic heterocycles. The van der Waals surface area contributed by atoms with Crippen LogP contribution < -0.4 is 9.64 Å². The van der Waals surface area contributed by atoms with E-state index >= 15 is 0 Å². The summed E-state index contributed by atoms with van der Waals surface area (Å²) in [4.78, 5) is 27.3. The molecular weight excluding hydrogens is 330 g/mol. The zero-order chi connectivity index (χ0) is 18.5. The minimum absolute atomic E-state index is 0.0293. The Morgan fingerprint density at radius 3 is 2.77 bits per heavy atom. The largest absolute Gasteiger partial charge is 0.497 e. The molecule has 2 aliphatic rings. The number of aliphatic hydroxyl groups is 1. The maximum Gasteiger partial charge on any atom is 0.263 e. The van der Waals surface area contributed by atoms with Crippen molar-refractivity contribution in [3.8, 4) is 5.75 Å². The van der Waals surface area contributed by atoms with E-state index in [0.29, 0.717) is 29.0 Å². The number of hydrogen-bond acceptors (Lipinski definition) is 4. The van der Waals surface area contributed by atoms with Gasteiger partial charge in [0.25, 0.3) is 5.91 Å². The number of benzene rings is 2. The first-order valence-electron chi connectivity index (χ1n) is 8.77. The van der Waals surface area contributed by atoms with Gasteiger partial charge < -0.3 is 14.7 Å². The van der Waals surface area contributed by atoms with Crippen molar-refractivity contribution in [3.63, 3.8) is 0 Å². The number of ether oxygens (including phenoxy) is 1. The average molecular weight is 351 g/mol. The van der Waals surface area contributed by atoms with Crippen LogP contribution in [0.25, 0.3) is 0 Å².